The molecule has 8 heterocycles. The van der Waals surface area contributed by atoms with Crippen molar-refractivity contribution in [1.29, 1.82) is 0 Å². The standard InChI is InChI=1S/C10H11NO.C7H11NO2.2C7H13NO.C6H11NO2.C5H9NO.C4H6BrNO.C4H7NO2/c12-10-6-9(7-11-10)8-4-2-1-3-5-8;1-5(9)4-6-2-3-8-7(6)10;1-5-4-7(2,3)6(9)8-5;1-5(2)6-3-4-7(9)8-6;8-5-4-7-3-1-2-6(7)9;1-6-4-2-3-5(6)7;5-3-1-4(7)6-2-3;6-3-1-4(7)5-2-3/h1-5,9H,6-7H2,(H,11,12);6H,2-4H2,1H3,(H,8,10);5H,4H2,1-3H3,(H,8,9);5-6H,3-4H2,1-2H3,(H,8,9);8H,1-5H2;2-4H2,1H3;3H,1-2H2,(H,6,7);3,6H,1-2H2,(H,5,7). The van der Waals surface area contributed by atoms with E-state index in [-0.39, 0.29) is 71.5 Å². The van der Waals surface area contributed by atoms with Crippen LogP contribution in [0.25, 0.3) is 0 Å². The van der Waals surface area contributed by atoms with Gasteiger partial charge in [-0.2, -0.15) is 0 Å². The number of carbonyl (C=O) groups is 9. The molecule has 1 aromatic rings. The molecule has 6 atom stereocenters. The van der Waals surface area contributed by atoms with Crippen LogP contribution in [-0.4, -0.2) is 156 Å². The van der Waals surface area contributed by atoms with Crippen LogP contribution < -0.4 is 31.9 Å². The number of hydrogen-bond acceptors (Lipinski definition) is 11. The van der Waals surface area contributed by atoms with E-state index in [1.807, 2.05) is 46.0 Å². The van der Waals surface area contributed by atoms with Crippen LogP contribution in [-0.2, 0) is 43.2 Å². The summed E-state index contributed by atoms with van der Waals surface area (Å²) in [5.74, 6) is 2.23. The monoisotopic (exact) mass is 1050 g/mol. The Balaban J connectivity index is 0.000000276. The third-order valence-electron chi connectivity index (χ3n) is 12.3. The average molecular weight is 1050 g/mol. The molecule has 8 amide bonds. The van der Waals surface area contributed by atoms with E-state index in [1.54, 1.807) is 9.80 Å². The second-order valence-corrected chi connectivity index (χ2v) is 20.9. The number of β-amino-alcohol motifs (C(OH)–C–C–N with tert-alkyl or cyclic N) is 2. The first-order valence-electron chi connectivity index (χ1n) is 24.7. The summed E-state index contributed by atoms with van der Waals surface area (Å²) in [7, 11) is 1.84. The molecule has 8 fully saturated rings. The number of alkyl halides is 1. The third kappa shape index (κ3) is 24.7. The first-order chi connectivity index (χ1) is 33.0. The van der Waals surface area contributed by atoms with E-state index >= 15 is 0 Å². The largest absolute Gasteiger partial charge is 0.395 e. The van der Waals surface area contributed by atoms with E-state index in [4.69, 9.17) is 10.2 Å². The van der Waals surface area contributed by atoms with E-state index in [0.717, 1.165) is 77.7 Å². The van der Waals surface area contributed by atoms with Crippen LogP contribution in [0.4, 0.5) is 0 Å². The highest BCUT2D eigenvalue weighted by Gasteiger charge is 2.36. The second kappa shape index (κ2) is 32.1. The lowest BCUT2D eigenvalue weighted by atomic mass is 9.90. The molecule has 8 aliphatic heterocycles. The molecule has 19 nitrogen and oxygen atoms in total. The molecule has 8 N–H and O–H groups in total. The molecule has 0 aromatic heterocycles. The van der Waals surface area contributed by atoms with Crippen LogP contribution >= 0.6 is 15.9 Å². The number of Topliss-reactive ketones (excluding diaryl/α,β-unsaturated/α-hetero) is 1. The van der Waals surface area contributed by atoms with Crippen molar-refractivity contribution in [1.82, 2.24) is 41.7 Å². The zero-order valence-corrected chi connectivity index (χ0v) is 44.0. The number of aliphatic hydroxyl groups excluding tert-OH is 2. The number of nitrogens with zero attached hydrogens (tertiary/aromatic N) is 2. The minimum Gasteiger partial charge on any atom is -0.395 e. The van der Waals surface area contributed by atoms with Crippen LogP contribution in [0, 0.1) is 17.3 Å². The van der Waals surface area contributed by atoms with E-state index in [1.165, 1.54) is 12.5 Å². The fourth-order valence-electron chi connectivity index (χ4n) is 8.22. The van der Waals surface area contributed by atoms with Crippen LogP contribution in [0.3, 0.4) is 0 Å². The number of carbonyl (C=O) groups excluding carboxylic acids is 9. The fraction of sp³-hybridized carbons (Fsp3) is 0.700. The fourth-order valence-corrected chi connectivity index (χ4v) is 8.68. The SMILES string of the molecule is CC(=O)CC1CCNC1=O.CC(C)C1CCC(=O)N1.CC1CC(C)(C)C(=O)N1.CN1CCCC1=O.O=C1CC(Br)CN1.O=C1CC(O)CN1.O=C1CC(c2ccccc2)CN1.O=C1CCCN1CCO. The lowest BCUT2D eigenvalue weighted by Crippen LogP contribution is -2.29. The molecule has 0 radical (unpaired) electrons. The Morgan fingerprint density at radius 2 is 1.40 bits per heavy atom. The Morgan fingerprint density at radius 1 is 0.786 bits per heavy atom. The molecular weight excluding hydrogens is 968 g/mol. The molecule has 9 rings (SSSR count). The highest BCUT2D eigenvalue weighted by molar-refractivity contribution is 9.09. The van der Waals surface area contributed by atoms with Gasteiger partial charge in [-0.1, -0.05) is 74.0 Å². The zero-order valence-electron chi connectivity index (χ0n) is 42.4. The molecular formula is C50H81BrN8O11. The molecule has 8 aliphatic rings. The van der Waals surface area contributed by atoms with Crippen molar-refractivity contribution in [3.05, 3.63) is 35.9 Å². The predicted molar refractivity (Wildman–Crippen MR) is 269 cm³/mol. The normalized spacial score (nSPS) is 25.6. The van der Waals surface area contributed by atoms with Crippen LogP contribution in [0.15, 0.2) is 30.3 Å². The zero-order chi connectivity index (χ0) is 52.4. The van der Waals surface area contributed by atoms with Gasteiger partial charge < -0.3 is 56.7 Å². The molecule has 6 unspecified atom stereocenters. The average Bonchev–Trinajstić information content (AvgIpc) is 4.20. The smallest absolute Gasteiger partial charge is 0.225 e. The third-order valence-corrected chi connectivity index (χ3v) is 13.0. The summed E-state index contributed by atoms with van der Waals surface area (Å²) in [5.41, 5.74) is 1.13. The topological polar surface area (TPSA) is 273 Å². The summed E-state index contributed by atoms with van der Waals surface area (Å²) in [6.07, 6.45) is 8.50. The van der Waals surface area contributed by atoms with E-state index < -0.39 is 6.10 Å². The summed E-state index contributed by atoms with van der Waals surface area (Å²) < 4.78 is 0. The van der Waals surface area contributed by atoms with Crippen molar-refractivity contribution in [2.24, 2.45) is 17.3 Å². The summed E-state index contributed by atoms with van der Waals surface area (Å²) in [6.45, 7) is 16.9. The molecule has 0 aliphatic carbocycles. The number of rotatable bonds is 6. The van der Waals surface area contributed by atoms with Crippen molar-refractivity contribution in [3.63, 3.8) is 0 Å². The summed E-state index contributed by atoms with van der Waals surface area (Å²) in [5, 5.41) is 33.5. The Morgan fingerprint density at radius 3 is 1.70 bits per heavy atom. The summed E-state index contributed by atoms with van der Waals surface area (Å²) in [4.78, 5) is 99.6. The summed E-state index contributed by atoms with van der Waals surface area (Å²) in [6, 6.07) is 11.0. The Kier molecular flexibility index (Phi) is 28.1. The quantitative estimate of drug-likeness (QED) is 0.192. The van der Waals surface area contributed by atoms with Crippen LogP contribution in [0.2, 0.25) is 0 Å². The molecule has 8 saturated heterocycles. The number of halogens is 1. The summed E-state index contributed by atoms with van der Waals surface area (Å²) >= 11 is 3.30. The number of hydrogen-bond donors (Lipinski definition) is 8. The Bertz CT molecular complexity index is 1850. The van der Waals surface area contributed by atoms with Crippen molar-refractivity contribution < 1.29 is 53.4 Å². The van der Waals surface area contributed by atoms with Gasteiger partial charge >= 0.3 is 0 Å². The van der Waals surface area contributed by atoms with E-state index in [2.05, 4.69) is 73.8 Å². The second-order valence-electron chi connectivity index (χ2n) is 19.6. The van der Waals surface area contributed by atoms with Crippen molar-refractivity contribution in [2.45, 2.75) is 148 Å². The first-order valence-corrected chi connectivity index (χ1v) is 25.6. The molecule has 0 bridgehead atoms. The number of nitrogens with one attached hydrogen (secondary N) is 6. The maximum atomic E-state index is 11.0. The van der Waals surface area contributed by atoms with Gasteiger partial charge in [-0.25, -0.2) is 0 Å². The lowest BCUT2D eigenvalue weighted by molar-refractivity contribution is -0.128. The molecule has 394 valence electrons. The van der Waals surface area contributed by atoms with Gasteiger partial charge in [0.2, 0.25) is 47.3 Å². The van der Waals surface area contributed by atoms with Gasteiger partial charge in [0, 0.05) is 126 Å². The highest BCUT2D eigenvalue weighted by atomic mass is 79.9. The van der Waals surface area contributed by atoms with Gasteiger partial charge in [0.25, 0.3) is 0 Å². The number of amides is 8. The maximum absolute atomic E-state index is 11.0. The van der Waals surface area contributed by atoms with Crippen molar-refractivity contribution >= 4 is 69.0 Å². The van der Waals surface area contributed by atoms with E-state index in [9.17, 15) is 43.2 Å². The minimum atomic E-state index is -0.438. The van der Waals surface area contributed by atoms with Crippen LogP contribution in [0.1, 0.15) is 130 Å². The van der Waals surface area contributed by atoms with Crippen molar-refractivity contribution in [3.8, 4) is 0 Å². The van der Waals surface area contributed by atoms with Gasteiger partial charge in [0.1, 0.15) is 5.78 Å². The molecule has 0 saturated carbocycles. The van der Waals surface area contributed by atoms with E-state index in [0.29, 0.717) is 73.4 Å². The van der Waals surface area contributed by atoms with Crippen molar-refractivity contribution in [2.75, 3.05) is 59.5 Å². The molecule has 0 spiro atoms. The highest BCUT2D eigenvalue weighted by Crippen LogP contribution is 2.28. The predicted octanol–water partition coefficient (Wildman–Crippen LogP) is 2.21. The molecule has 70 heavy (non-hydrogen) atoms. The molecule has 1 aromatic carbocycles. The van der Waals surface area contributed by atoms with Crippen LogP contribution in [0.5, 0.6) is 0 Å². The molecule has 20 heteroatoms. The Labute approximate surface area is 422 Å². The van der Waals surface area contributed by atoms with Gasteiger partial charge in [0.15, 0.2) is 0 Å². The van der Waals surface area contributed by atoms with Gasteiger partial charge in [-0.05, 0) is 57.4 Å². The number of benzene rings is 1. The Hall–Kier alpha value is -4.95. The minimum absolute atomic E-state index is 0.0372. The van der Waals surface area contributed by atoms with Gasteiger partial charge in [0.05, 0.1) is 19.1 Å². The van der Waals surface area contributed by atoms with Gasteiger partial charge in [-0.3, -0.25) is 38.4 Å². The number of ketones is 1. The first kappa shape index (κ1) is 61.2. The van der Waals surface area contributed by atoms with Gasteiger partial charge in [-0.15, -0.1) is 0 Å². The maximum Gasteiger partial charge on any atom is 0.225 e. The number of likely N-dealkylation sites (tertiary alicyclic amines) is 2. The lowest BCUT2D eigenvalue weighted by Gasteiger charge is -2.12. The number of aliphatic hydroxyl groups is 2.